The third kappa shape index (κ3) is 4.89. The molecule has 1 aromatic carbocycles. The first-order valence-electron chi connectivity index (χ1n) is 4.58. The zero-order chi connectivity index (χ0) is 13.5. The predicted octanol–water partition coefficient (Wildman–Crippen LogP) is 3.47. The molecular weight excluding hydrogens is 328 g/mol. The van der Waals surface area contributed by atoms with E-state index < -0.39 is 6.61 Å². The van der Waals surface area contributed by atoms with Gasteiger partial charge in [-0.25, -0.2) is 4.99 Å². The van der Waals surface area contributed by atoms with Crippen molar-refractivity contribution in [3.05, 3.63) is 22.7 Å². The van der Waals surface area contributed by atoms with Crippen molar-refractivity contribution >= 4 is 38.5 Å². The maximum absolute atomic E-state index is 12.1. The van der Waals surface area contributed by atoms with Gasteiger partial charge in [0.1, 0.15) is 5.75 Å². The molecule has 0 atom stereocenters. The largest absolute Gasteiger partial charge is 0.435 e. The fourth-order valence-electron chi connectivity index (χ4n) is 1.07. The number of amidine groups is 1. The van der Waals surface area contributed by atoms with E-state index in [2.05, 4.69) is 31.0 Å². The van der Waals surface area contributed by atoms with Gasteiger partial charge in [-0.1, -0.05) is 27.7 Å². The molecular formula is C10H8BrF2N3OS. The van der Waals surface area contributed by atoms with Crippen LogP contribution in [0.4, 0.5) is 14.5 Å². The van der Waals surface area contributed by atoms with Gasteiger partial charge in [-0.3, -0.25) is 5.32 Å². The van der Waals surface area contributed by atoms with Crippen LogP contribution in [-0.4, -0.2) is 18.0 Å². The van der Waals surface area contributed by atoms with E-state index in [4.69, 9.17) is 5.26 Å². The van der Waals surface area contributed by atoms with E-state index in [9.17, 15) is 8.78 Å². The zero-order valence-corrected chi connectivity index (χ0v) is 11.6. The number of nitriles is 1. The summed E-state index contributed by atoms with van der Waals surface area (Å²) in [6, 6.07) is 4.38. The summed E-state index contributed by atoms with van der Waals surface area (Å²) in [6.07, 6.45) is 3.47. The molecule has 0 unspecified atom stereocenters. The SMILES string of the molecule is CSC(=Nc1cc(Br)cc(OC(F)F)c1)NC#N. The number of aliphatic imine (C=N–C) groups is 1. The van der Waals surface area contributed by atoms with Gasteiger partial charge in [-0.2, -0.15) is 14.0 Å². The number of thioether (sulfide) groups is 1. The van der Waals surface area contributed by atoms with Gasteiger partial charge in [0.25, 0.3) is 0 Å². The number of hydrogen-bond acceptors (Lipinski definition) is 4. The summed E-state index contributed by atoms with van der Waals surface area (Å²) in [5.74, 6) is -0.00413. The fraction of sp³-hybridized carbons (Fsp3) is 0.200. The van der Waals surface area contributed by atoms with Gasteiger partial charge in [0, 0.05) is 10.5 Å². The number of nitrogens with zero attached hydrogens (tertiary/aromatic N) is 2. The predicted molar refractivity (Wildman–Crippen MR) is 70.1 cm³/mol. The molecule has 0 aliphatic carbocycles. The molecule has 4 nitrogen and oxygen atoms in total. The van der Waals surface area contributed by atoms with E-state index in [0.29, 0.717) is 15.3 Å². The van der Waals surface area contributed by atoms with Crippen molar-refractivity contribution < 1.29 is 13.5 Å². The van der Waals surface area contributed by atoms with Crippen molar-refractivity contribution in [3.8, 4) is 11.9 Å². The Labute approximate surface area is 115 Å². The van der Waals surface area contributed by atoms with Crippen LogP contribution in [0, 0.1) is 11.5 Å². The lowest BCUT2D eigenvalue weighted by molar-refractivity contribution is -0.0498. The number of ether oxygens (including phenoxy) is 1. The fourth-order valence-corrected chi connectivity index (χ4v) is 1.88. The van der Waals surface area contributed by atoms with Crippen LogP contribution < -0.4 is 10.1 Å². The van der Waals surface area contributed by atoms with Crippen molar-refractivity contribution in [1.82, 2.24) is 5.32 Å². The number of hydrogen-bond donors (Lipinski definition) is 1. The van der Waals surface area contributed by atoms with Crippen LogP contribution in [0.5, 0.6) is 5.75 Å². The number of alkyl halides is 2. The average molecular weight is 336 g/mol. The standard InChI is InChI=1S/C10H8BrF2N3OS/c1-18-10(15-5-14)16-7-2-6(11)3-8(4-7)17-9(12)13/h2-4,9H,1H3,(H,15,16). The topological polar surface area (TPSA) is 57.4 Å². The summed E-state index contributed by atoms with van der Waals surface area (Å²) in [7, 11) is 0. The molecule has 0 aliphatic heterocycles. The summed E-state index contributed by atoms with van der Waals surface area (Å²) >= 11 is 4.39. The summed E-state index contributed by atoms with van der Waals surface area (Å²) in [5.41, 5.74) is 0.395. The van der Waals surface area contributed by atoms with E-state index in [1.807, 2.05) is 0 Å². The van der Waals surface area contributed by atoms with Crippen LogP contribution in [-0.2, 0) is 0 Å². The van der Waals surface area contributed by atoms with E-state index in [-0.39, 0.29) is 5.75 Å². The van der Waals surface area contributed by atoms with Crippen molar-refractivity contribution in [2.45, 2.75) is 6.61 Å². The number of halogens is 3. The zero-order valence-electron chi connectivity index (χ0n) is 9.15. The molecule has 0 bridgehead atoms. The van der Waals surface area contributed by atoms with Crippen LogP contribution >= 0.6 is 27.7 Å². The van der Waals surface area contributed by atoms with E-state index in [1.165, 1.54) is 23.9 Å². The molecule has 96 valence electrons. The highest BCUT2D eigenvalue weighted by atomic mass is 79.9. The van der Waals surface area contributed by atoms with Crippen molar-refractivity contribution in [2.24, 2.45) is 4.99 Å². The van der Waals surface area contributed by atoms with Crippen molar-refractivity contribution in [3.63, 3.8) is 0 Å². The van der Waals surface area contributed by atoms with Gasteiger partial charge in [-0.05, 0) is 18.4 Å². The molecule has 0 aliphatic rings. The minimum Gasteiger partial charge on any atom is -0.435 e. The molecule has 0 radical (unpaired) electrons. The Morgan fingerprint density at radius 1 is 1.56 bits per heavy atom. The second kappa shape index (κ2) is 7.18. The van der Waals surface area contributed by atoms with Gasteiger partial charge in [0.15, 0.2) is 11.4 Å². The molecule has 0 saturated heterocycles. The molecule has 0 amide bonds. The smallest absolute Gasteiger partial charge is 0.387 e. The lowest BCUT2D eigenvalue weighted by Gasteiger charge is -2.06. The number of nitrogens with one attached hydrogen (secondary N) is 1. The van der Waals surface area contributed by atoms with Crippen molar-refractivity contribution in [1.29, 1.82) is 5.26 Å². The Morgan fingerprint density at radius 3 is 2.83 bits per heavy atom. The Bertz CT molecular complexity index is 491. The summed E-state index contributed by atoms with van der Waals surface area (Å²) in [6.45, 7) is -2.90. The normalized spacial score (nSPS) is 11.2. The first-order valence-corrected chi connectivity index (χ1v) is 6.60. The Hall–Kier alpha value is -1.33. The lowest BCUT2D eigenvalue weighted by Crippen LogP contribution is -2.12. The van der Waals surface area contributed by atoms with Gasteiger partial charge >= 0.3 is 6.61 Å². The number of rotatable bonds is 3. The van der Waals surface area contributed by atoms with Gasteiger partial charge in [0.2, 0.25) is 0 Å². The minimum absolute atomic E-state index is 0.00413. The van der Waals surface area contributed by atoms with Crippen LogP contribution in [0.25, 0.3) is 0 Å². The quantitative estimate of drug-likeness (QED) is 0.397. The average Bonchev–Trinajstić information content (AvgIpc) is 2.26. The van der Waals surface area contributed by atoms with Gasteiger partial charge < -0.3 is 4.74 Å². The van der Waals surface area contributed by atoms with Crippen LogP contribution in [0.2, 0.25) is 0 Å². The first kappa shape index (κ1) is 14.7. The third-order valence-corrected chi connectivity index (χ3v) is 2.71. The second-order valence-corrected chi connectivity index (χ2v) is 4.59. The molecule has 0 spiro atoms. The maximum Gasteiger partial charge on any atom is 0.387 e. The molecule has 0 aromatic heterocycles. The minimum atomic E-state index is -2.90. The summed E-state index contributed by atoms with van der Waals surface area (Å²) in [4.78, 5) is 4.09. The third-order valence-electron chi connectivity index (χ3n) is 1.67. The monoisotopic (exact) mass is 335 g/mol. The van der Waals surface area contributed by atoms with Crippen molar-refractivity contribution in [2.75, 3.05) is 6.26 Å². The summed E-state index contributed by atoms with van der Waals surface area (Å²) in [5, 5.41) is 11.2. The molecule has 18 heavy (non-hydrogen) atoms. The van der Waals surface area contributed by atoms with E-state index in [1.54, 1.807) is 18.5 Å². The molecule has 1 aromatic rings. The lowest BCUT2D eigenvalue weighted by atomic mass is 10.3. The highest BCUT2D eigenvalue weighted by molar-refractivity contribution is 9.10. The molecule has 8 heteroatoms. The van der Waals surface area contributed by atoms with E-state index in [0.717, 1.165) is 0 Å². The Morgan fingerprint density at radius 2 is 2.28 bits per heavy atom. The second-order valence-electron chi connectivity index (χ2n) is 2.88. The van der Waals surface area contributed by atoms with Gasteiger partial charge in [-0.15, -0.1) is 0 Å². The molecule has 0 heterocycles. The molecule has 1 N–H and O–H groups in total. The highest BCUT2D eigenvalue weighted by Gasteiger charge is 2.07. The molecule has 1 rings (SSSR count). The number of benzene rings is 1. The Balaban J connectivity index is 3.02. The Kier molecular flexibility index (Phi) is 5.88. The van der Waals surface area contributed by atoms with Crippen LogP contribution in [0.3, 0.4) is 0 Å². The van der Waals surface area contributed by atoms with E-state index >= 15 is 0 Å². The molecule has 0 fully saturated rings. The maximum atomic E-state index is 12.1. The van der Waals surface area contributed by atoms with Crippen LogP contribution in [0.1, 0.15) is 0 Å². The first-order chi connectivity index (χ1) is 8.55. The molecule has 0 saturated carbocycles. The highest BCUT2D eigenvalue weighted by Crippen LogP contribution is 2.28. The van der Waals surface area contributed by atoms with Gasteiger partial charge in [0.05, 0.1) is 5.69 Å². The van der Waals surface area contributed by atoms with Crippen LogP contribution in [0.15, 0.2) is 27.7 Å². The summed E-state index contributed by atoms with van der Waals surface area (Å²) < 4.78 is 29.0.